The minimum Gasteiger partial charge on any atom is -0.460 e. The van der Waals surface area contributed by atoms with E-state index < -0.39 is 18.3 Å². The molecule has 0 bridgehead atoms. The van der Waals surface area contributed by atoms with E-state index >= 15 is 0 Å². The molecule has 0 aromatic heterocycles. The molecule has 2 aliphatic rings. The summed E-state index contributed by atoms with van der Waals surface area (Å²) in [6.45, 7) is 5.50. The summed E-state index contributed by atoms with van der Waals surface area (Å²) >= 11 is 0. The van der Waals surface area contributed by atoms with Gasteiger partial charge in [0.15, 0.2) is 0 Å². The average Bonchev–Trinajstić information content (AvgIpc) is 3.65. The lowest BCUT2D eigenvalue weighted by atomic mass is 9.98. The fourth-order valence-electron chi connectivity index (χ4n) is 7.07. The van der Waals surface area contributed by atoms with Gasteiger partial charge in [-0.3, -0.25) is 4.79 Å². The summed E-state index contributed by atoms with van der Waals surface area (Å²) in [5, 5.41) is 31.7. The summed E-state index contributed by atoms with van der Waals surface area (Å²) in [6, 6.07) is 0. The smallest absolute Gasteiger partial charge is 0.334 e. The van der Waals surface area contributed by atoms with E-state index in [4.69, 9.17) is 14.2 Å². The Morgan fingerprint density at radius 3 is 1.81 bits per heavy atom. The van der Waals surface area contributed by atoms with E-state index in [-0.39, 0.29) is 36.4 Å². The van der Waals surface area contributed by atoms with E-state index in [2.05, 4.69) is 6.92 Å². The highest BCUT2D eigenvalue weighted by atomic mass is 16.6. The molecule has 0 radical (unpaired) electrons. The molecule has 0 amide bonds. The molecular formula is C39H70O8. The van der Waals surface area contributed by atoms with Crippen LogP contribution in [0.5, 0.6) is 0 Å². The normalized spacial score (nSPS) is 22.1. The first-order chi connectivity index (χ1) is 22.7. The Morgan fingerprint density at radius 2 is 1.28 bits per heavy atom. The van der Waals surface area contributed by atoms with Gasteiger partial charge in [-0.05, 0) is 57.9 Å². The van der Waals surface area contributed by atoms with Gasteiger partial charge in [0, 0.05) is 18.9 Å². The molecule has 2 rings (SSSR count). The SMILES string of the molecule is CCCCCCCCCCCC[C@@H](O)[C@@H]1CC[C@H]([C@@H](C[C@H](O)CCCCCCCCCC(O)CCC2=C[C@H](C)OC2=O)OC(C)=O)O1. The number of rotatable bonds is 29. The van der Waals surface area contributed by atoms with Crippen molar-refractivity contribution in [1.82, 2.24) is 0 Å². The van der Waals surface area contributed by atoms with Crippen LogP contribution >= 0.6 is 0 Å². The molecule has 0 spiro atoms. The highest BCUT2D eigenvalue weighted by Gasteiger charge is 2.37. The van der Waals surface area contributed by atoms with Crippen molar-refractivity contribution in [1.29, 1.82) is 0 Å². The van der Waals surface area contributed by atoms with E-state index in [0.29, 0.717) is 31.3 Å². The van der Waals surface area contributed by atoms with Gasteiger partial charge in [-0.1, -0.05) is 116 Å². The van der Waals surface area contributed by atoms with Crippen LogP contribution in [-0.2, 0) is 23.8 Å². The van der Waals surface area contributed by atoms with Gasteiger partial charge in [0.05, 0.1) is 30.5 Å². The number of aliphatic hydroxyl groups is 3. The second-order valence-electron chi connectivity index (χ2n) is 14.4. The zero-order valence-corrected chi connectivity index (χ0v) is 30.2. The van der Waals surface area contributed by atoms with Crippen molar-refractivity contribution in [2.45, 2.75) is 224 Å². The van der Waals surface area contributed by atoms with Crippen LogP contribution < -0.4 is 0 Å². The number of carbonyl (C=O) groups excluding carboxylic acids is 2. The van der Waals surface area contributed by atoms with Crippen LogP contribution in [0.3, 0.4) is 0 Å². The molecule has 2 heterocycles. The Labute approximate surface area is 286 Å². The third-order valence-corrected chi connectivity index (χ3v) is 9.92. The fourth-order valence-corrected chi connectivity index (χ4v) is 7.07. The molecule has 274 valence electrons. The summed E-state index contributed by atoms with van der Waals surface area (Å²) in [5.41, 5.74) is 0.689. The van der Waals surface area contributed by atoms with Crippen LogP contribution in [0.4, 0.5) is 0 Å². The number of hydrogen-bond donors (Lipinski definition) is 3. The minimum atomic E-state index is -0.551. The Bertz CT molecular complexity index is 860. The zero-order valence-electron chi connectivity index (χ0n) is 30.2. The predicted molar refractivity (Wildman–Crippen MR) is 187 cm³/mol. The molecule has 47 heavy (non-hydrogen) atoms. The third kappa shape index (κ3) is 19.3. The Morgan fingerprint density at radius 1 is 0.766 bits per heavy atom. The summed E-state index contributed by atoms with van der Waals surface area (Å²) < 4.78 is 16.9. The molecule has 0 saturated carbocycles. The van der Waals surface area contributed by atoms with E-state index in [1.54, 1.807) is 0 Å². The minimum absolute atomic E-state index is 0.153. The standard InChI is InChI=1S/C39H70O8/c1-4-5-6-7-8-9-10-14-17-20-23-35(43)36-26-27-37(47-36)38(46-31(3)40)29-34(42)22-19-16-13-11-12-15-18-21-33(41)25-24-32-28-30(2)45-39(32)44/h28,30,33-38,41-43H,4-27,29H2,1-3H3/t30-,33?,34+,35+,36-,37+,38+/m0/s1. The molecule has 1 unspecified atom stereocenters. The molecule has 3 N–H and O–H groups in total. The Hall–Kier alpha value is -1.48. The molecule has 1 fully saturated rings. The van der Waals surface area contributed by atoms with E-state index in [9.17, 15) is 24.9 Å². The summed E-state index contributed by atoms with van der Waals surface area (Å²) in [4.78, 5) is 23.5. The van der Waals surface area contributed by atoms with Gasteiger partial charge in [-0.25, -0.2) is 4.79 Å². The second-order valence-corrected chi connectivity index (χ2v) is 14.4. The maximum absolute atomic E-state index is 11.8. The number of carbonyl (C=O) groups is 2. The van der Waals surface area contributed by atoms with Gasteiger partial charge in [-0.2, -0.15) is 0 Å². The van der Waals surface area contributed by atoms with Crippen molar-refractivity contribution in [3.63, 3.8) is 0 Å². The van der Waals surface area contributed by atoms with Crippen LogP contribution in [0.1, 0.15) is 181 Å². The summed E-state index contributed by atoms with van der Waals surface area (Å²) in [6.07, 6.45) is 24.6. The number of cyclic esters (lactones) is 1. The first-order valence-corrected chi connectivity index (χ1v) is 19.5. The van der Waals surface area contributed by atoms with Crippen molar-refractivity contribution >= 4 is 11.9 Å². The molecule has 1 saturated heterocycles. The lowest BCUT2D eigenvalue weighted by molar-refractivity contribution is -0.159. The fraction of sp³-hybridized carbons (Fsp3) is 0.897. The van der Waals surface area contributed by atoms with Crippen molar-refractivity contribution in [3.8, 4) is 0 Å². The number of unbranched alkanes of at least 4 members (excludes halogenated alkanes) is 15. The highest BCUT2D eigenvalue weighted by Crippen LogP contribution is 2.30. The lowest BCUT2D eigenvalue weighted by Crippen LogP contribution is -2.36. The van der Waals surface area contributed by atoms with Gasteiger partial charge in [-0.15, -0.1) is 0 Å². The van der Waals surface area contributed by atoms with Gasteiger partial charge in [0.25, 0.3) is 0 Å². The molecule has 0 aromatic carbocycles. The maximum atomic E-state index is 11.8. The van der Waals surface area contributed by atoms with Gasteiger partial charge in [0.2, 0.25) is 0 Å². The Balaban J connectivity index is 1.50. The second kappa shape index (κ2) is 25.5. The lowest BCUT2D eigenvalue weighted by Gasteiger charge is -2.27. The summed E-state index contributed by atoms with van der Waals surface area (Å²) in [7, 11) is 0. The van der Waals surface area contributed by atoms with Crippen LogP contribution in [0, 0.1) is 0 Å². The monoisotopic (exact) mass is 667 g/mol. The molecule has 8 heteroatoms. The van der Waals surface area contributed by atoms with Gasteiger partial charge < -0.3 is 29.5 Å². The molecule has 2 aliphatic heterocycles. The zero-order chi connectivity index (χ0) is 34.3. The quantitative estimate of drug-likeness (QED) is 0.0537. The van der Waals surface area contributed by atoms with Gasteiger partial charge >= 0.3 is 11.9 Å². The van der Waals surface area contributed by atoms with Gasteiger partial charge in [0.1, 0.15) is 12.2 Å². The van der Waals surface area contributed by atoms with E-state index in [1.165, 1.54) is 58.3 Å². The van der Waals surface area contributed by atoms with Crippen molar-refractivity contribution in [2.75, 3.05) is 0 Å². The van der Waals surface area contributed by atoms with Crippen molar-refractivity contribution < 1.29 is 39.1 Å². The Kier molecular flexibility index (Phi) is 22.6. The van der Waals surface area contributed by atoms with E-state index in [1.807, 2.05) is 13.0 Å². The third-order valence-electron chi connectivity index (χ3n) is 9.92. The maximum Gasteiger partial charge on any atom is 0.334 e. The average molecular weight is 667 g/mol. The molecule has 7 atom stereocenters. The van der Waals surface area contributed by atoms with Crippen LogP contribution in [0.15, 0.2) is 11.6 Å². The number of esters is 2. The summed E-state index contributed by atoms with van der Waals surface area (Å²) in [5.74, 6) is -0.610. The molecule has 0 aromatic rings. The first kappa shape index (κ1) is 41.7. The number of ether oxygens (including phenoxy) is 3. The first-order valence-electron chi connectivity index (χ1n) is 19.5. The van der Waals surface area contributed by atoms with Crippen LogP contribution in [-0.4, -0.2) is 70.0 Å². The van der Waals surface area contributed by atoms with Crippen molar-refractivity contribution in [2.24, 2.45) is 0 Å². The highest BCUT2D eigenvalue weighted by molar-refractivity contribution is 5.90. The van der Waals surface area contributed by atoms with Crippen molar-refractivity contribution in [3.05, 3.63) is 11.6 Å². The van der Waals surface area contributed by atoms with E-state index in [0.717, 1.165) is 83.5 Å². The number of aliphatic hydroxyl groups excluding tert-OH is 3. The molecule has 0 aliphatic carbocycles. The molecule has 8 nitrogen and oxygen atoms in total. The predicted octanol–water partition coefficient (Wildman–Crippen LogP) is 8.41. The number of hydrogen-bond acceptors (Lipinski definition) is 8. The largest absolute Gasteiger partial charge is 0.460 e. The van der Waals surface area contributed by atoms with Crippen LogP contribution in [0.2, 0.25) is 0 Å². The topological polar surface area (TPSA) is 123 Å². The van der Waals surface area contributed by atoms with Crippen LogP contribution in [0.25, 0.3) is 0 Å². The molecular weight excluding hydrogens is 596 g/mol.